The fourth-order valence-electron chi connectivity index (χ4n) is 2.53. The Kier molecular flexibility index (Phi) is 6.25. The van der Waals surface area contributed by atoms with Crippen LogP contribution in [0.2, 0.25) is 0 Å². The van der Waals surface area contributed by atoms with Crippen LogP contribution < -0.4 is 10.1 Å². The molecule has 0 radical (unpaired) electrons. The number of nitro groups is 1. The Hall–Kier alpha value is -3.66. The second-order valence-electron chi connectivity index (χ2n) is 6.10. The van der Waals surface area contributed by atoms with Gasteiger partial charge in [-0.15, -0.1) is 0 Å². The predicted molar refractivity (Wildman–Crippen MR) is 103 cm³/mol. The summed E-state index contributed by atoms with van der Waals surface area (Å²) in [6.45, 7) is 4.47. The standard InChI is InChI=1S/C19H20N4O6/c1-3-27-12-22-10-14(9-20-22)21-19(24)18-7-5-16(29-18)11-28-15-4-6-17(23(25)26)13(2)8-15/h4-10H,3,11-12H2,1-2H3,(H,21,24). The Labute approximate surface area is 166 Å². The summed E-state index contributed by atoms with van der Waals surface area (Å²) in [5, 5.41) is 17.6. The van der Waals surface area contributed by atoms with E-state index in [1.54, 1.807) is 36.0 Å². The van der Waals surface area contributed by atoms with Gasteiger partial charge < -0.3 is 19.2 Å². The van der Waals surface area contributed by atoms with Crippen LogP contribution in [0.4, 0.5) is 11.4 Å². The molecule has 1 aromatic carbocycles. The average molecular weight is 400 g/mol. The number of rotatable bonds is 9. The van der Waals surface area contributed by atoms with Gasteiger partial charge in [-0.2, -0.15) is 5.10 Å². The highest BCUT2D eigenvalue weighted by molar-refractivity contribution is 6.02. The molecule has 10 heteroatoms. The third-order valence-electron chi connectivity index (χ3n) is 3.95. The molecule has 0 aliphatic heterocycles. The van der Waals surface area contributed by atoms with Gasteiger partial charge in [0, 0.05) is 18.2 Å². The second-order valence-corrected chi connectivity index (χ2v) is 6.10. The minimum atomic E-state index is -0.447. The predicted octanol–water partition coefficient (Wildman–Crippen LogP) is 3.52. The number of amides is 1. The zero-order valence-electron chi connectivity index (χ0n) is 16.0. The second kappa shape index (κ2) is 9.02. The Bertz CT molecular complexity index is 1010. The van der Waals surface area contributed by atoms with E-state index in [4.69, 9.17) is 13.9 Å². The fraction of sp³-hybridized carbons (Fsp3) is 0.263. The van der Waals surface area contributed by atoms with Crippen molar-refractivity contribution < 1.29 is 23.6 Å². The van der Waals surface area contributed by atoms with E-state index in [0.29, 0.717) is 36.1 Å². The number of benzene rings is 1. The number of nitrogens with zero attached hydrogens (tertiary/aromatic N) is 3. The number of carbonyl (C=O) groups excluding carboxylic acids is 1. The lowest BCUT2D eigenvalue weighted by Gasteiger charge is -2.05. The van der Waals surface area contributed by atoms with Crippen molar-refractivity contribution in [3.63, 3.8) is 0 Å². The van der Waals surface area contributed by atoms with Crippen LogP contribution in [-0.4, -0.2) is 27.2 Å². The normalized spacial score (nSPS) is 10.7. The first-order chi connectivity index (χ1) is 14.0. The maximum absolute atomic E-state index is 12.3. The van der Waals surface area contributed by atoms with Crippen LogP contribution in [0.15, 0.2) is 47.1 Å². The third-order valence-corrected chi connectivity index (χ3v) is 3.95. The van der Waals surface area contributed by atoms with Crippen LogP contribution in [0.25, 0.3) is 0 Å². The molecule has 0 aliphatic rings. The lowest BCUT2D eigenvalue weighted by atomic mass is 10.2. The minimum absolute atomic E-state index is 0.0267. The summed E-state index contributed by atoms with van der Waals surface area (Å²) in [5.74, 6) is 0.620. The number of aryl methyl sites for hydroxylation is 1. The van der Waals surface area contributed by atoms with E-state index in [2.05, 4.69) is 10.4 Å². The lowest BCUT2D eigenvalue weighted by molar-refractivity contribution is -0.385. The highest BCUT2D eigenvalue weighted by Gasteiger charge is 2.14. The van der Waals surface area contributed by atoms with Crippen LogP contribution in [0.5, 0.6) is 5.75 Å². The molecular weight excluding hydrogens is 380 g/mol. The quantitative estimate of drug-likeness (QED) is 0.431. The van der Waals surface area contributed by atoms with Crippen molar-refractivity contribution in [2.24, 2.45) is 0 Å². The summed E-state index contributed by atoms with van der Waals surface area (Å²) in [5.41, 5.74) is 1.04. The van der Waals surface area contributed by atoms with Crippen molar-refractivity contribution in [1.29, 1.82) is 0 Å². The van der Waals surface area contributed by atoms with E-state index in [1.807, 2.05) is 6.92 Å². The molecule has 0 bridgehead atoms. The van der Waals surface area contributed by atoms with E-state index in [9.17, 15) is 14.9 Å². The SMILES string of the molecule is CCOCn1cc(NC(=O)c2ccc(COc3ccc([N+](=O)[O-])c(C)c3)o2)cn1. The van der Waals surface area contributed by atoms with Gasteiger partial charge in [0.05, 0.1) is 23.0 Å². The summed E-state index contributed by atoms with van der Waals surface area (Å²) in [6, 6.07) is 7.65. The minimum Gasteiger partial charge on any atom is -0.486 e. The number of furan rings is 1. The van der Waals surface area contributed by atoms with E-state index < -0.39 is 10.8 Å². The molecule has 2 heterocycles. The van der Waals surface area contributed by atoms with E-state index in [0.717, 1.165) is 0 Å². The van der Waals surface area contributed by atoms with Crippen LogP contribution >= 0.6 is 0 Å². The van der Waals surface area contributed by atoms with Crippen LogP contribution in [0, 0.1) is 17.0 Å². The summed E-state index contributed by atoms with van der Waals surface area (Å²) >= 11 is 0. The molecule has 0 spiro atoms. The van der Waals surface area contributed by atoms with Gasteiger partial charge in [0.15, 0.2) is 5.76 Å². The highest BCUT2D eigenvalue weighted by Crippen LogP contribution is 2.24. The summed E-state index contributed by atoms with van der Waals surface area (Å²) < 4.78 is 17.9. The van der Waals surface area contributed by atoms with Crippen molar-refractivity contribution in [1.82, 2.24) is 9.78 Å². The number of hydrogen-bond acceptors (Lipinski definition) is 7. The van der Waals surface area contributed by atoms with Crippen molar-refractivity contribution in [3.8, 4) is 5.75 Å². The van der Waals surface area contributed by atoms with Gasteiger partial charge >= 0.3 is 0 Å². The smallest absolute Gasteiger partial charge is 0.291 e. The van der Waals surface area contributed by atoms with Crippen molar-refractivity contribution in [2.75, 3.05) is 11.9 Å². The molecule has 2 aromatic heterocycles. The monoisotopic (exact) mass is 400 g/mol. The molecule has 1 N–H and O–H groups in total. The molecule has 0 saturated carbocycles. The molecule has 0 aliphatic carbocycles. The Balaban J connectivity index is 1.56. The first kappa shape index (κ1) is 20.1. The summed E-state index contributed by atoms with van der Waals surface area (Å²) in [6.07, 6.45) is 3.16. The molecule has 3 aromatic rings. The number of carbonyl (C=O) groups is 1. The molecule has 0 atom stereocenters. The van der Waals surface area contributed by atoms with Crippen LogP contribution in [0.1, 0.15) is 28.8 Å². The molecule has 29 heavy (non-hydrogen) atoms. The van der Waals surface area contributed by atoms with Gasteiger partial charge in [-0.1, -0.05) is 0 Å². The first-order valence-electron chi connectivity index (χ1n) is 8.84. The first-order valence-corrected chi connectivity index (χ1v) is 8.84. The highest BCUT2D eigenvalue weighted by atomic mass is 16.6. The van der Waals surface area contributed by atoms with E-state index in [1.165, 1.54) is 18.3 Å². The molecule has 0 unspecified atom stereocenters. The molecule has 0 fully saturated rings. The van der Waals surface area contributed by atoms with Gasteiger partial charge in [-0.25, -0.2) is 4.68 Å². The molecule has 0 saturated heterocycles. The lowest BCUT2D eigenvalue weighted by Crippen LogP contribution is -2.10. The maximum Gasteiger partial charge on any atom is 0.291 e. The maximum atomic E-state index is 12.3. The van der Waals surface area contributed by atoms with Gasteiger partial charge in [0.1, 0.15) is 24.8 Å². The molecule has 3 rings (SSSR count). The van der Waals surface area contributed by atoms with Crippen molar-refractivity contribution >= 4 is 17.3 Å². The van der Waals surface area contributed by atoms with Gasteiger partial charge in [-0.3, -0.25) is 14.9 Å². The fourth-order valence-corrected chi connectivity index (χ4v) is 2.53. The number of hydrogen-bond donors (Lipinski definition) is 1. The Morgan fingerprint density at radius 3 is 2.90 bits per heavy atom. The largest absolute Gasteiger partial charge is 0.486 e. The van der Waals surface area contributed by atoms with E-state index in [-0.39, 0.29) is 18.1 Å². The zero-order chi connectivity index (χ0) is 20.8. The summed E-state index contributed by atoms with van der Waals surface area (Å²) in [7, 11) is 0. The topological polar surface area (TPSA) is 122 Å². The number of ether oxygens (including phenoxy) is 2. The Morgan fingerprint density at radius 2 is 2.17 bits per heavy atom. The molecule has 1 amide bonds. The number of anilines is 1. The molecule has 10 nitrogen and oxygen atoms in total. The zero-order valence-corrected chi connectivity index (χ0v) is 16.0. The van der Waals surface area contributed by atoms with Crippen LogP contribution in [-0.2, 0) is 18.1 Å². The van der Waals surface area contributed by atoms with Gasteiger partial charge in [0.2, 0.25) is 0 Å². The van der Waals surface area contributed by atoms with Crippen molar-refractivity contribution in [3.05, 3.63) is 69.9 Å². The van der Waals surface area contributed by atoms with Gasteiger partial charge in [-0.05, 0) is 38.1 Å². The van der Waals surface area contributed by atoms with Gasteiger partial charge in [0.25, 0.3) is 11.6 Å². The number of aromatic nitrogens is 2. The van der Waals surface area contributed by atoms with E-state index >= 15 is 0 Å². The number of nitrogens with one attached hydrogen (secondary N) is 1. The third kappa shape index (κ3) is 5.20. The van der Waals surface area contributed by atoms with Crippen molar-refractivity contribution in [2.45, 2.75) is 27.2 Å². The Morgan fingerprint density at radius 1 is 1.34 bits per heavy atom. The summed E-state index contributed by atoms with van der Waals surface area (Å²) in [4.78, 5) is 22.7. The molecular formula is C19H20N4O6. The van der Waals surface area contributed by atoms with Crippen LogP contribution in [0.3, 0.4) is 0 Å². The number of nitro benzene ring substituents is 1. The molecule has 152 valence electrons. The average Bonchev–Trinajstić information content (AvgIpc) is 3.34.